The number of aldehydes is 1. The molecule has 0 saturated heterocycles. The molecule has 2 heterocycles. The number of benzene rings is 3. The molecule has 0 aliphatic heterocycles. The van der Waals surface area contributed by atoms with Gasteiger partial charge in [-0.15, -0.1) is 0 Å². The van der Waals surface area contributed by atoms with Crippen LogP contribution in [0.5, 0.6) is 11.5 Å². The maximum absolute atomic E-state index is 11.6. The molecular weight excluding hydrogens is 498 g/mol. The molecule has 0 spiro atoms. The lowest BCUT2D eigenvalue weighted by atomic mass is 9.95. The van der Waals surface area contributed by atoms with Crippen molar-refractivity contribution in [2.24, 2.45) is 0 Å². The van der Waals surface area contributed by atoms with Crippen LogP contribution in [0, 0.1) is 18.3 Å². The minimum absolute atomic E-state index is 0.132. The highest BCUT2D eigenvalue weighted by Crippen LogP contribution is 2.34. The molecule has 3 aromatic carbocycles. The van der Waals surface area contributed by atoms with Crippen molar-refractivity contribution in [2.75, 3.05) is 0 Å². The number of carbonyl (C=O) groups excluding carboxylic acids is 1. The van der Waals surface area contributed by atoms with Gasteiger partial charge in [0.25, 0.3) is 0 Å². The number of halogens is 1. The van der Waals surface area contributed by atoms with Crippen molar-refractivity contribution in [1.82, 2.24) is 9.97 Å². The Morgan fingerprint density at radius 1 is 0.921 bits per heavy atom. The number of hydrogen-bond acceptors (Lipinski definition) is 6. The summed E-state index contributed by atoms with van der Waals surface area (Å²) >= 11 is 6.43. The van der Waals surface area contributed by atoms with Crippen molar-refractivity contribution in [3.8, 4) is 28.7 Å². The molecule has 0 amide bonds. The average Bonchev–Trinajstić information content (AvgIpc) is 2.96. The van der Waals surface area contributed by atoms with Crippen molar-refractivity contribution in [2.45, 2.75) is 20.1 Å². The standard InChI is InChI=1S/C31H22ClN3O3/c1-20-26(3-2-4-28(20)24-5-6-25-16-34-8-7-23(25)10-24)19-38-31-12-30(27(17-36)11-29(31)32)37-18-22-9-21(13-33)14-35-15-22/h2-12,14-17H,18-19H2,1H3. The van der Waals surface area contributed by atoms with Crippen LogP contribution in [0.1, 0.15) is 32.6 Å². The Hall–Kier alpha value is -4.73. The maximum Gasteiger partial charge on any atom is 0.153 e. The van der Waals surface area contributed by atoms with Crippen molar-refractivity contribution < 1.29 is 14.3 Å². The first-order valence-electron chi connectivity index (χ1n) is 11.9. The highest BCUT2D eigenvalue weighted by atomic mass is 35.5. The van der Waals surface area contributed by atoms with E-state index in [0.717, 1.165) is 33.0 Å². The Labute approximate surface area is 225 Å². The fourth-order valence-electron chi connectivity index (χ4n) is 4.23. The van der Waals surface area contributed by atoms with Crippen LogP contribution < -0.4 is 9.47 Å². The quantitative estimate of drug-likeness (QED) is 0.203. The van der Waals surface area contributed by atoms with Crippen LogP contribution in [0.4, 0.5) is 0 Å². The summed E-state index contributed by atoms with van der Waals surface area (Å²) in [6.07, 6.45) is 7.41. The first kappa shape index (κ1) is 24.9. The molecule has 7 heteroatoms. The van der Waals surface area contributed by atoms with Crippen molar-refractivity contribution in [3.63, 3.8) is 0 Å². The van der Waals surface area contributed by atoms with Gasteiger partial charge < -0.3 is 9.47 Å². The summed E-state index contributed by atoms with van der Waals surface area (Å²) in [7, 11) is 0. The monoisotopic (exact) mass is 519 g/mol. The molecule has 0 N–H and O–H groups in total. The molecule has 0 aliphatic carbocycles. The predicted octanol–water partition coefficient (Wildman–Crippen LogP) is 7.10. The molecule has 186 valence electrons. The number of rotatable bonds is 8. The molecule has 5 rings (SSSR count). The molecule has 0 bridgehead atoms. The fraction of sp³-hybridized carbons (Fsp3) is 0.0968. The van der Waals surface area contributed by atoms with E-state index >= 15 is 0 Å². The maximum atomic E-state index is 11.6. The smallest absolute Gasteiger partial charge is 0.153 e. The Balaban J connectivity index is 1.36. The Morgan fingerprint density at radius 3 is 2.63 bits per heavy atom. The van der Waals surface area contributed by atoms with Crippen LogP contribution in [0.2, 0.25) is 5.02 Å². The Kier molecular flexibility index (Phi) is 7.30. The summed E-state index contributed by atoms with van der Waals surface area (Å²) in [4.78, 5) is 19.9. The number of carbonyl (C=O) groups is 1. The third kappa shape index (κ3) is 5.34. The number of fused-ring (bicyclic) bond motifs is 1. The number of ether oxygens (including phenoxy) is 2. The van der Waals surface area contributed by atoms with E-state index in [9.17, 15) is 4.79 Å². The summed E-state index contributed by atoms with van der Waals surface area (Å²) < 4.78 is 12.0. The van der Waals surface area contributed by atoms with Gasteiger partial charge in [-0.1, -0.05) is 41.9 Å². The summed E-state index contributed by atoms with van der Waals surface area (Å²) in [5.74, 6) is 0.733. The van der Waals surface area contributed by atoms with E-state index in [2.05, 4.69) is 41.2 Å². The highest BCUT2D eigenvalue weighted by molar-refractivity contribution is 6.32. The van der Waals surface area contributed by atoms with Gasteiger partial charge in [0.05, 0.1) is 16.1 Å². The van der Waals surface area contributed by atoms with Crippen LogP contribution in [-0.2, 0) is 13.2 Å². The predicted molar refractivity (Wildman–Crippen MR) is 146 cm³/mol. The zero-order valence-electron chi connectivity index (χ0n) is 20.5. The van der Waals surface area contributed by atoms with E-state index in [-0.39, 0.29) is 13.2 Å². The highest BCUT2D eigenvalue weighted by Gasteiger charge is 2.13. The molecule has 2 aromatic heterocycles. The number of aromatic nitrogens is 2. The molecule has 0 saturated carbocycles. The van der Waals surface area contributed by atoms with Crippen LogP contribution in [-0.4, -0.2) is 16.3 Å². The molecule has 5 aromatic rings. The normalized spacial score (nSPS) is 10.7. The van der Waals surface area contributed by atoms with Gasteiger partial charge in [-0.2, -0.15) is 5.26 Å². The Morgan fingerprint density at radius 2 is 1.79 bits per heavy atom. The second-order valence-electron chi connectivity index (χ2n) is 8.74. The second kappa shape index (κ2) is 11.1. The summed E-state index contributed by atoms with van der Waals surface area (Å²) in [5, 5.41) is 11.6. The van der Waals surface area contributed by atoms with Gasteiger partial charge in [0.2, 0.25) is 0 Å². The SMILES string of the molecule is Cc1c(COc2cc(OCc3cncc(C#N)c3)c(C=O)cc2Cl)cccc1-c1ccc2cnccc2c1. The summed E-state index contributed by atoms with van der Waals surface area (Å²) in [6.45, 7) is 2.48. The van der Waals surface area contributed by atoms with Crippen LogP contribution in [0.25, 0.3) is 21.9 Å². The van der Waals surface area contributed by atoms with E-state index in [1.807, 2.05) is 30.5 Å². The summed E-state index contributed by atoms with van der Waals surface area (Å²) in [5.41, 5.74) is 5.77. The minimum Gasteiger partial charge on any atom is -0.488 e. The molecule has 0 radical (unpaired) electrons. The third-order valence-corrected chi connectivity index (χ3v) is 6.59. The molecule has 38 heavy (non-hydrogen) atoms. The first-order valence-corrected chi connectivity index (χ1v) is 12.2. The number of nitrogens with zero attached hydrogens (tertiary/aromatic N) is 3. The van der Waals surface area contributed by atoms with Gasteiger partial charge in [-0.25, -0.2) is 0 Å². The van der Waals surface area contributed by atoms with Gasteiger partial charge in [0.15, 0.2) is 6.29 Å². The number of nitriles is 1. The van der Waals surface area contributed by atoms with Crippen molar-refractivity contribution >= 4 is 28.7 Å². The molecule has 0 fully saturated rings. The molecular formula is C31H22ClN3O3. The molecule has 6 nitrogen and oxygen atoms in total. The lowest BCUT2D eigenvalue weighted by Crippen LogP contribution is -2.03. The lowest BCUT2D eigenvalue weighted by Gasteiger charge is -2.16. The minimum atomic E-state index is 0.132. The molecule has 0 unspecified atom stereocenters. The first-order chi connectivity index (χ1) is 18.6. The Bertz CT molecular complexity index is 1690. The lowest BCUT2D eigenvalue weighted by molar-refractivity contribution is 0.111. The van der Waals surface area contributed by atoms with E-state index in [4.69, 9.17) is 26.3 Å². The zero-order valence-corrected chi connectivity index (χ0v) is 21.3. The fourth-order valence-corrected chi connectivity index (χ4v) is 4.45. The topological polar surface area (TPSA) is 85.1 Å². The largest absolute Gasteiger partial charge is 0.488 e. The van der Waals surface area contributed by atoms with Gasteiger partial charge in [0.1, 0.15) is 30.8 Å². The van der Waals surface area contributed by atoms with Gasteiger partial charge in [-0.3, -0.25) is 14.8 Å². The third-order valence-electron chi connectivity index (χ3n) is 6.29. The number of pyridine rings is 2. The zero-order chi connectivity index (χ0) is 26.5. The van der Waals surface area contributed by atoms with E-state index in [1.165, 1.54) is 12.3 Å². The second-order valence-corrected chi connectivity index (χ2v) is 9.14. The van der Waals surface area contributed by atoms with Crippen LogP contribution >= 0.6 is 11.6 Å². The average molecular weight is 520 g/mol. The van der Waals surface area contributed by atoms with Crippen LogP contribution in [0.3, 0.4) is 0 Å². The van der Waals surface area contributed by atoms with Crippen LogP contribution in [0.15, 0.2) is 85.5 Å². The summed E-state index contributed by atoms with van der Waals surface area (Å²) in [6, 6.07) is 21.3. The number of hydrogen-bond donors (Lipinski definition) is 0. The van der Waals surface area contributed by atoms with Gasteiger partial charge >= 0.3 is 0 Å². The van der Waals surface area contributed by atoms with Crippen molar-refractivity contribution in [1.29, 1.82) is 5.26 Å². The van der Waals surface area contributed by atoms with Gasteiger partial charge in [0, 0.05) is 41.8 Å². The van der Waals surface area contributed by atoms with Gasteiger partial charge in [-0.05, 0) is 58.8 Å². The molecule has 0 aliphatic rings. The van der Waals surface area contributed by atoms with E-state index in [0.29, 0.717) is 39.5 Å². The van der Waals surface area contributed by atoms with E-state index < -0.39 is 0 Å². The van der Waals surface area contributed by atoms with Crippen molar-refractivity contribution in [3.05, 3.63) is 118 Å². The molecule has 0 atom stereocenters. The van der Waals surface area contributed by atoms with E-state index in [1.54, 1.807) is 24.5 Å².